The molecule has 0 aliphatic carbocycles. The van der Waals surface area contributed by atoms with Crippen LogP contribution < -0.4 is 5.32 Å². The molecule has 5 nitrogen and oxygen atoms in total. The highest BCUT2D eigenvalue weighted by molar-refractivity contribution is 6.35. The molecule has 2 rings (SSSR count). The van der Waals surface area contributed by atoms with Crippen LogP contribution in [0.3, 0.4) is 0 Å². The van der Waals surface area contributed by atoms with Crippen molar-refractivity contribution in [3.05, 3.63) is 82.5 Å². The summed E-state index contributed by atoms with van der Waals surface area (Å²) >= 11 is 12.6. The maximum absolute atomic E-state index is 13.1. The van der Waals surface area contributed by atoms with Crippen LogP contribution in [0, 0.1) is 5.92 Å². The summed E-state index contributed by atoms with van der Waals surface area (Å²) in [7, 11) is 0. The second-order valence-corrected chi connectivity index (χ2v) is 12.5. The number of rotatable bonds is 20. The molecule has 46 heavy (non-hydrogen) atoms. The Morgan fingerprint density at radius 1 is 1.04 bits per heavy atom. The zero-order valence-corrected chi connectivity index (χ0v) is 31.4. The number of unbranched alkanes of at least 4 members (excludes halogenated alkanes) is 1. The summed E-state index contributed by atoms with van der Waals surface area (Å²) in [6, 6.07) is 7.77. The largest absolute Gasteiger partial charge is 0.353 e. The van der Waals surface area contributed by atoms with Gasteiger partial charge in [-0.15, -0.1) is 0 Å². The SMILES string of the molecule is C=C/C(C)=C/CC/C=C/C=C(\C)n1nc(-c2cc(Cl)cc(Cl)c2)cc1CCCC(=O)NC(CCCN(CC)CC)C(C)CC.CC. The van der Waals surface area contributed by atoms with Crippen molar-refractivity contribution >= 4 is 34.8 Å². The van der Waals surface area contributed by atoms with Gasteiger partial charge in [-0.25, -0.2) is 4.68 Å². The van der Waals surface area contributed by atoms with E-state index in [4.69, 9.17) is 28.3 Å². The molecule has 0 aliphatic heterocycles. The molecule has 0 radical (unpaired) electrons. The van der Waals surface area contributed by atoms with Gasteiger partial charge in [0.05, 0.1) is 5.69 Å². The molecule has 0 aliphatic rings. The molecule has 2 atom stereocenters. The first-order valence-electron chi connectivity index (χ1n) is 17.3. The monoisotopic (exact) mass is 670 g/mol. The Hall–Kier alpha value is -2.60. The van der Waals surface area contributed by atoms with Crippen LogP contribution in [0.5, 0.6) is 0 Å². The number of nitrogens with zero attached hydrogens (tertiary/aromatic N) is 3. The molecular weight excluding hydrogens is 611 g/mol. The van der Waals surface area contributed by atoms with Crippen molar-refractivity contribution in [3.63, 3.8) is 0 Å². The Morgan fingerprint density at radius 2 is 1.72 bits per heavy atom. The topological polar surface area (TPSA) is 50.2 Å². The maximum Gasteiger partial charge on any atom is 0.220 e. The molecule has 2 aromatic rings. The summed E-state index contributed by atoms with van der Waals surface area (Å²) < 4.78 is 1.98. The Balaban J connectivity index is 0.00000518. The summed E-state index contributed by atoms with van der Waals surface area (Å²) in [5.41, 5.74) is 4.92. The minimum Gasteiger partial charge on any atom is -0.353 e. The van der Waals surface area contributed by atoms with Gasteiger partial charge in [0.15, 0.2) is 0 Å². The van der Waals surface area contributed by atoms with Crippen molar-refractivity contribution in [1.29, 1.82) is 0 Å². The molecule has 1 heterocycles. The number of hydrogen-bond acceptors (Lipinski definition) is 3. The fourth-order valence-corrected chi connectivity index (χ4v) is 5.70. The molecule has 0 fully saturated rings. The molecular formula is C39H60Cl2N4O. The summed E-state index contributed by atoms with van der Waals surface area (Å²) in [4.78, 5) is 15.5. The van der Waals surface area contributed by atoms with Gasteiger partial charge in [-0.1, -0.05) is 108 Å². The number of benzene rings is 1. The molecule has 0 saturated heterocycles. The predicted molar refractivity (Wildman–Crippen MR) is 203 cm³/mol. The van der Waals surface area contributed by atoms with Crippen LogP contribution >= 0.6 is 23.2 Å². The lowest BCUT2D eigenvalue weighted by atomic mass is 9.94. The molecule has 0 spiro atoms. The van der Waals surface area contributed by atoms with Crippen molar-refractivity contribution < 1.29 is 4.79 Å². The highest BCUT2D eigenvalue weighted by Gasteiger charge is 2.19. The third-order valence-corrected chi connectivity index (χ3v) is 8.70. The van der Waals surface area contributed by atoms with E-state index in [1.54, 1.807) is 6.07 Å². The average molecular weight is 672 g/mol. The summed E-state index contributed by atoms with van der Waals surface area (Å²) in [5, 5.41) is 9.43. The molecule has 0 saturated carbocycles. The van der Waals surface area contributed by atoms with E-state index in [2.05, 4.69) is 88.7 Å². The Labute approximate surface area is 290 Å². The number of halogens is 2. The first kappa shape index (κ1) is 41.4. The Kier molecular flexibility index (Phi) is 21.3. The van der Waals surface area contributed by atoms with Crippen LogP contribution in [-0.2, 0) is 11.2 Å². The van der Waals surface area contributed by atoms with Gasteiger partial charge in [0.25, 0.3) is 0 Å². The fraction of sp³-hybridized carbons (Fsp3) is 0.538. The van der Waals surface area contributed by atoms with E-state index in [9.17, 15) is 4.79 Å². The van der Waals surface area contributed by atoms with Crippen molar-refractivity contribution in [2.75, 3.05) is 19.6 Å². The number of carbonyl (C=O) groups excluding carboxylic acids is 1. The lowest BCUT2D eigenvalue weighted by Gasteiger charge is -2.26. The fourth-order valence-electron chi connectivity index (χ4n) is 5.18. The minimum absolute atomic E-state index is 0.127. The normalized spacial score (nSPS) is 13.5. The minimum atomic E-state index is 0.127. The predicted octanol–water partition coefficient (Wildman–Crippen LogP) is 11.2. The molecule has 1 N–H and O–H groups in total. The first-order chi connectivity index (χ1) is 22.1. The molecule has 0 bridgehead atoms. The van der Waals surface area contributed by atoms with Gasteiger partial charge in [0.2, 0.25) is 5.91 Å². The molecule has 7 heteroatoms. The van der Waals surface area contributed by atoms with Gasteiger partial charge in [-0.2, -0.15) is 5.10 Å². The van der Waals surface area contributed by atoms with Crippen molar-refractivity contribution in [3.8, 4) is 11.3 Å². The number of aryl methyl sites for hydroxylation is 1. The van der Waals surface area contributed by atoms with E-state index < -0.39 is 0 Å². The molecule has 1 amide bonds. The highest BCUT2D eigenvalue weighted by atomic mass is 35.5. The maximum atomic E-state index is 13.1. The van der Waals surface area contributed by atoms with Crippen LogP contribution in [0.2, 0.25) is 10.0 Å². The molecule has 256 valence electrons. The Bertz CT molecular complexity index is 1250. The van der Waals surface area contributed by atoms with Crippen molar-refractivity contribution in [1.82, 2.24) is 20.0 Å². The number of hydrogen-bond donors (Lipinski definition) is 1. The summed E-state index contributed by atoms with van der Waals surface area (Å²) in [6.45, 7) is 24.0. The van der Waals surface area contributed by atoms with Gasteiger partial charge in [-0.05, 0) is 108 Å². The lowest BCUT2D eigenvalue weighted by molar-refractivity contribution is -0.122. The number of carbonyl (C=O) groups is 1. The van der Waals surface area contributed by atoms with E-state index in [1.165, 1.54) is 5.57 Å². The quantitative estimate of drug-likeness (QED) is 0.113. The first-order valence-corrected chi connectivity index (χ1v) is 18.1. The van der Waals surface area contributed by atoms with Gasteiger partial charge in [0.1, 0.15) is 0 Å². The smallest absolute Gasteiger partial charge is 0.220 e. The second kappa shape index (κ2) is 23.7. The van der Waals surface area contributed by atoms with Crippen LogP contribution in [0.1, 0.15) is 106 Å². The van der Waals surface area contributed by atoms with Crippen LogP contribution in [0.15, 0.2) is 66.8 Å². The zero-order valence-electron chi connectivity index (χ0n) is 29.8. The number of allylic oxidation sites excluding steroid dienone is 7. The van der Waals surface area contributed by atoms with Crippen molar-refractivity contribution in [2.24, 2.45) is 5.92 Å². The van der Waals surface area contributed by atoms with E-state index >= 15 is 0 Å². The van der Waals surface area contributed by atoms with Gasteiger partial charge >= 0.3 is 0 Å². The van der Waals surface area contributed by atoms with Gasteiger partial charge in [0, 0.05) is 39.5 Å². The number of amides is 1. The Morgan fingerprint density at radius 3 is 2.33 bits per heavy atom. The van der Waals surface area contributed by atoms with Crippen LogP contribution in [-0.4, -0.2) is 46.3 Å². The lowest BCUT2D eigenvalue weighted by Crippen LogP contribution is -2.40. The zero-order chi connectivity index (χ0) is 34.5. The van der Waals surface area contributed by atoms with Gasteiger partial charge < -0.3 is 10.2 Å². The number of aromatic nitrogens is 2. The summed E-state index contributed by atoms with van der Waals surface area (Å²) in [6.07, 6.45) is 17.4. The summed E-state index contributed by atoms with van der Waals surface area (Å²) in [5.74, 6) is 0.578. The molecule has 1 aromatic heterocycles. The van der Waals surface area contributed by atoms with E-state index in [0.29, 0.717) is 22.4 Å². The van der Waals surface area contributed by atoms with E-state index in [-0.39, 0.29) is 11.9 Å². The van der Waals surface area contributed by atoms with Crippen LogP contribution in [0.4, 0.5) is 0 Å². The van der Waals surface area contributed by atoms with E-state index in [0.717, 1.165) is 87.2 Å². The molecule has 2 unspecified atom stereocenters. The molecule has 1 aromatic carbocycles. The van der Waals surface area contributed by atoms with Gasteiger partial charge in [-0.3, -0.25) is 4.79 Å². The van der Waals surface area contributed by atoms with Crippen molar-refractivity contribution in [2.45, 2.75) is 113 Å². The highest BCUT2D eigenvalue weighted by Crippen LogP contribution is 2.28. The standard InChI is InChI=1S/C37H54Cl2N4O.C2H6/c1-8-28(5)18-14-12-13-15-19-30(7)43-34(27-36(41-43)31-24-32(38)26-33(39)25-31)20-16-22-37(44)40-35(29(6)9-2)21-17-23-42(10-3)11-4;1-2/h8,13,15,18-19,24-27,29,35H,1,9-12,14,16-17,20-23H2,2-7H3,(H,40,44);1-2H3/b15-13+,28-18+,30-19+;. The third kappa shape index (κ3) is 15.3. The van der Waals surface area contributed by atoms with E-state index in [1.807, 2.05) is 36.7 Å². The average Bonchev–Trinajstić information content (AvgIpc) is 3.48. The third-order valence-electron chi connectivity index (χ3n) is 8.27. The van der Waals surface area contributed by atoms with Crippen LogP contribution in [0.25, 0.3) is 17.0 Å². The second-order valence-electron chi connectivity index (χ2n) is 11.6. The number of nitrogens with one attached hydrogen (secondary N) is 1.